The summed E-state index contributed by atoms with van der Waals surface area (Å²) in [5.74, 6) is 0. The summed E-state index contributed by atoms with van der Waals surface area (Å²) < 4.78 is 9.87. The van der Waals surface area contributed by atoms with Crippen LogP contribution in [0.3, 0.4) is 0 Å². The van der Waals surface area contributed by atoms with Crippen LogP contribution in [0.5, 0.6) is 0 Å². The number of nitrogens with one attached hydrogen (secondary N) is 1. The fourth-order valence-corrected chi connectivity index (χ4v) is 1.70. The maximum absolute atomic E-state index is 11.1. The molecule has 0 saturated carbocycles. The number of amides is 2. The van der Waals surface area contributed by atoms with Gasteiger partial charge < -0.3 is 25.6 Å². The Labute approximate surface area is 105 Å². The SMILES string of the molecule is CNC(=O)OC1/C=C/C(OC(N)=O)CC(O)CC1. The van der Waals surface area contributed by atoms with Crippen molar-refractivity contribution in [2.24, 2.45) is 5.73 Å². The summed E-state index contributed by atoms with van der Waals surface area (Å²) in [6.07, 6.45) is 1.30. The molecule has 0 radical (unpaired) electrons. The molecule has 0 aliphatic heterocycles. The van der Waals surface area contributed by atoms with E-state index >= 15 is 0 Å². The number of carbonyl (C=O) groups excluding carboxylic acids is 2. The van der Waals surface area contributed by atoms with Crippen molar-refractivity contribution in [3.8, 4) is 0 Å². The van der Waals surface area contributed by atoms with Gasteiger partial charge in [-0.15, -0.1) is 0 Å². The first-order chi connectivity index (χ1) is 8.51. The Kier molecular flexibility index (Phi) is 5.44. The molecule has 0 fully saturated rings. The lowest BCUT2D eigenvalue weighted by atomic mass is 10.00. The number of rotatable bonds is 2. The molecule has 2 amide bonds. The molecule has 0 aromatic carbocycles. The van der Waals surface area contributed by atoms with Crippen LogP contribution in [0.15, 0.2) is 12.2 Å². The Morgan fingerprint density at radius 3 is 2.56 bits per heavy atom. The van der Waals surface area contributed by atoms with Gasteiger partial charge in [-0.05, 0) is 25.0 Å². The van der Waals surface area contributed by atoms with E-state index in [-0.39, 0.29) is 6.42 Å². The highest BCUT2D eigenvalue weighted by Crippen LogP contribution is 2.17. The number of alkyl carbamates (subject to hydrolysis) is 1. The minimum absolute atomic E-state index is 0.284. The molecular formula is C11H18N2O5. The van der Waals surface area contributed by atoms with Crippen LogP contribution in [-0.4, -0.2) is 42.7 Å². The van der Waals surface area contributed by atoms with Crippen molar-refractivity contribution >= 4 is 12.2 Å². The number of primary amides is 1. The molecule has 0 heterocycles. The molecule has 4 N–H and O–H groups in total. The quantitative estimate of drug-likeness (QED) is 0.616. The number of nitrogens with two attached hydrogens (primary N) is 1. The van der Waals surface area contributed by atoms with Crippen LogP contribution < -0.4 is 11.1 Å². The van der Waals surface area contributed by atoms with E-state index in [2.05, 4.69) is 5.32 Å². The van der Waals surface area contributed by atoms with E-state index in [9.17, 15) is 14.7 Å². The highest BCUT2D eigenvalue weighted by atomic mass is 16.6. The minimum atomic E-state index is -0.902. The van der Waals surface area contributed by atoms with E-state index in [0.717, 1.165) is 0 Å². The summed E-state index contributed by atoms with van der Waals surface area (Å²) in [5.41, 5.74) is 4.92. The van der Waals surface area contributed by atoms with Gasteiger partial charge in [-0.3, -0.25) is 0 Å². The lowest BCUT2D eigenvalue weighted by Crippen LogP contribution is -2.30. The summed E-state index contributed by atoms with van der Waals surface area (Å²) >= 11 is 0. The maximum Gasteiger partial charge on any atom is 0.407 e. The Hall–Kier alpha value is -1.76. The second kappa shape index (κ2) is 6.85. The van der Waals surface area contributed by atoms with Crippen LogP contribution in [-0.2, 0) is 9.47 Å². The van der Waals surface area contributed by atoms with E-state index in [4.69, 9.17) is 15.2 Å². The second-order valence-electron chi connectivity index (χ2n) is 4.02. The third-order valence-electron chi connectivity index (χ3n) is 2.56. The molecule has 1 aliphatic rings. The molecular weight excluding hydrogens is 240 g/mol. The molecule has 102 valence electrons. The zero-order valence-electron chi connectivity index (χ0n) is 10.2. The molecule has 1 aliphatic carbocycles. The Bertz CT molecular complexity index is 331. The van der Waals surface area contributed by atoms with Gasteiger partial charge in [0.2, 0.25) is 0 Å². The topological polar surface area (TPSA) is 111 Å². The Balaban J connectivity index is 2.64. The zero-order valence-corrected chi connectivity index (χ0v) is 10.2. The van der Waals surface area contributed by atoms with E-state index in [0.29, 0.717) is 12.8 Å². The van der Waals surface area contributed by atoms with Crippen molar-refractivity contribution in [3.05, 3.63) is 12.2 Å². The molecule has 0 aromatic rings. The predicted octanol–water partition coefficient (Wildman–Crippen LogP) is 0.276. The third-order valence-corrected chi connectivity index (χ3v) is 2.56. The molecule has 1 rings (SSSR count). The lowest BCUT2D eigenvalue weighted by molar-refractivity contribution is 0.0574. The van der Waals surface area contributed by atoms with Gasteiger partial charge in [0.05, 0.1) is 6.10 Å². The first kappa shape index (κ1) is 14.3. The second-order valence-corrected chi connectivity index (χ2v) is 4.02. The van der Waals surface area contributed by atoms with Gasteiger partial charge in [0, 0.05) is 13.5 Å². The molecule has 7 nitrogen and oxygen atoms in total. The summed E-state index contributed by atoms with van der Waals surface area (Å²) in [7, 11) is 1.46. The van der Waals surface area contributed by atoms with Crippen LogP contribution in [0.25, 0.3) is 0 Å². The van der Waals surface area contributed by atoms with Gasteiger partial charge in [-0.2, -0.15) is 0 Å². The molecule has 3 atom stereocenters. The zero-order chi connectivity index (χ0) is 13.5. The summed E-state index contributed by atoms with van der Waals surface area (Å²) in [4.78, 5) is 21.8. The van der Waals surface area contributed by atoms with Crippen molar-refractivity contribution in [1.29, 1.82) is 0 Å². The Morgan fingerprint density at radius 2 is 1.94 bits per heavy atom. The van der Waals surface area contributed by atoms with Crippen molar-refractivity contribution < 1.29 is 24.2 Å². The van der Waals surface area contributed by atoms with Gasteiger partial charge in [0.15, 0.2) is 0 Å². The maximum atomic E-state index is 11.1. The summed E-state index contributed by atoms with van der Waals surface area (Å²) in [6, 6.07) is 0. The fourth-order valence-electron chi connectivity index (χ4n) is 1.70. The van der Waals surface area contributed by atoms with Crippen LogP contribution in [0.4, 0.5) is 9.59 Å². The average molecular weight is 258 g/mol. The molecule has 0 saturated heterocycles. The first-order valence-electron chi connectivity index (χ1n) is 5.72. The van der Waals surface area contributed by atoms with Crippen LogP contribution in [0, 0.1) is 0 Å². The minimum Gasteiger partial charge on any atom is -0.442 e. The normalized spacial score (nSPS) is 29.6. The van der Waals surface area contributed by atoms with E-state index in [1.807, 2.05) is 0 Å². The van der Waals surface area contributed by atoms with Crippen molar-refractivity contribution in [2.45, 2.75) is 37.6 Å². The summed E-state index contributed by atoms with van der Waals surface area (Å²) in [5, 5.41) is 12.0. The van der Waals surface area contributed by atoms with Crippen molar-refractivity contribution in [2.75, 3.05) is 7.05 Å². The first-order valence-corrected chi connectivity index (χ1v) is 5.72. The molecule has 0 aromatic heterocycles. The van der Waals surface area contributed by atoms with Gasteiger partial charge in [-0.25, -0.2) is 9.59 Å². The molecule has 18 heavy (non-hydrogen) atoms. The predicted molar refractivity (Wildman–Crippen MR) is 62.8 cm³/mol. The van der Waals surface area contributed by atoms with Crippen molar-refractivity contribution in [3.63, 3.8) is 0 Å². The fraction of sp³-hybridized carbons (Fsp3) is 0.636. The van der Waals surface area contributed by atoms with Crippen molar-refractivity contribution in [1.82, 2.24) is 5.32 Å². The molecule has 7 heteroatoms. The Morgan fingerprint density at radius 1 is 1.28 bits per heavy atom. The van der Waals surface area contributed by atoms with E-state index in [1.54, 1.807) is 12.2 Å². The number of hydrogen-bond acceptors (Lipinski definition) is 5. The van der Waals surface area contributed by atoms with E-state index < -0.39 is 30.5 Å². The van der Waals surface area contributed by atoms with Crippen LogP contribution >= 0.6 is 0 Å². The van der Waals surface area contributed by atoms with E-state index in [1.165, 1.54) is 7.05 Å². The highest BCUT2D eigenvalue weighted by Gasteiger charge is 2.21. The molecule has 3 unspecified atom stereocenters. The van der Waals surface area contributed by atoms with Crippen LogP contribution in [0.1, 0.15) is 19.3 Å². The molecule has 0 spiro atoms. The van der Waals surface area contributed by atoms with Gasteiger partial charge >= 0.3 is 12.2 Å². The number of aliphatic hydroxyl groups excluding tert-OH is 1. The average Bonchev–Trinajstić information content (AvgIpc) is 2.29. The monoisotopic (exact) mass is 258 g/mol. The molecule has 0 bridgehead atoms. The number of hydrogen-bond donors (Lipinski definition) is 3. The number of aliphatic hydroxyl groups is 1. The number of ether oxygens (including phenoxy) is 2. The standard InChI is InChI=1S/C11H18N2O5/c1-13-11(16)18-8-3-2-7(14)6-9(5-4-8)17-10(12)15/h4-5,7-9,14H,2-3,6H2,1H3,(H2,12,15)(H,13,16)/b5-4+. The lowest BCUT2D eigenvalue weighted by Gasteiger charge is -2.22. The third kappa shape index (κ3) is 5.05. The van der Waals surface area contributed by atoms with Gasteiger partial charge in [-0.1, -0.05) is 0 Å². The number of carbonyl (C=O) groups is 2. The van der Waals surface area contributed by atoms with Crippen LogP contribution in [0.2, 0.25) is 0 Å². The summed E-state index contributed by atoms with van der Waals surface area (Å²) in [6.45, 7) is 0. The van der Waals surface area contributed by atoms with Gasteiger partial charge in [0.25, 0.3) is 0 Å². The largest absolute Gasteiger partial charge is 0.442 e. The smallest absolute Gasteiger partial charge is 0.407 e. The van der Waals surface area contributed by atoms with Gasteiger partial charge in [0.1, 0.15) is 12.2 Å². The highest BCUT2D eigenvalue weighted by molar-refractivity contribution is 5.67.